The number of hydrogen-bond acceptors (Lipinski definition) is 6. The summed E-state index contributed by atoms with van der Waals surface area (Å²) in [5.74, 6) is -1.13. The van der Waals surface area contributed by atoms with Gasteiger partial charge in [0.15, 0.2) is 5.69 Å². The van der Waals surface area contributed by atoms with Gasteiger partial charge in [0.2, 0.25) is 0 Å². The molecule has 10 nitrogen and oxygen atoms in total. The average Bonchev–Trinajstić information content (AvgIpc) is 3.66. The molecule has 0 bridgehead atoms. The van der Waals surface area contributed by atoms with E-state index in [0.29, 0.717) is 30.9 Å². The van der Waals surface area contributed by atoms with Crippen LogP contribution in [0.4, 0.5) is 19.0 Å². The lowest BCUT2D eigenvalue weighted by molar-refractivity contribution is -0.192. The molecule has 0 spiro atoms. The molecule has 13 heteroatoms. The van der Waals surface area contributed by atoms with Crippen LogP contribution >= 0.6 is 0 Å². The van der Waals surface area contributed by atoms with Crippen molar-refractivity contribution in [3.63, 3.8) is 0 Å². The van der Waals surface area contributed by atoms with Crippen molar-refractivity contribution in [3.8, 4) is 0 Å². The van der Waals surface area contributed by atoms with Crippen LogP contribution in [-0.4, -0.2) is 86.0 Å². The van der Waals surface area contributed by atoms with E-state index in [1.807, 2.05) is 87.1 Å². The van der Waals surface area contributed by atoms with E-state index >= 15 is 0 Å². The molecule has 6 rings (SSSR count). The number of alkyl halides is 3. The zero-order valence-corrected chi connectivity index (χ0v) is 23.0. The number of fused-ring (bicyclic) bond motifs is 1. The van der Waals surface area contributed by atoms with Crippen LogP contribution < -0.4 is 4.90 Å². The largest absolute Gasteiger partial charge is 0.490 e. The minimum atomic E-state index is -5.08. The second kappa shape index (κ2) is 12.5. The molecule has 2 aliphatic rings. The quantitative estimate of drug-likeness (QED) is 0.375. The summed E-state index contributed by atoms with van der Waals surface area (Å²) in [6, 6.07) is 20.9. The number of anilines is 1. The maximum Gasteiger partial charge on any atom is 0.490 e. The number of likely N-dealkylation sites (tertiary alicyclic amines) is 1. The maximum atomic E-state index is 13.7. The van der Waals surface area contributed by atoms with E-state index in [1.165, 1.54) is 0 Å². The number of rotatable bonds is 4. The zero-order valence-electron chi connectivity index (χ0n) is 23.0. The Kier molecular flexibility index (Phi) is 8.60. The van der Waals surface area contributed by atoms with Crippen molar-refractivity contribution in [2.45, 2.75) is 25.1 Å². The summed E-state index contributed by atoms with van der Waals surface area (Å²) in [7, 11) is 0. The van der Waals surface area contributed by atoms with Gasteiger partial charge in [-0.05, 0) is 49.2 Å². The molecule has 224 valence electrons. The second-order valence-corrected chi connectivity index (χ2v) is 10.1. The van der Waals surface area contributed by atoms with Crippen molar-refractivity contribution in [1.29, 1.82) is 0 Å². The number of imidazole rings is 1. The van der Waals surface area contributed by atoms with E-state index in [4.69, 9.17) is 14.9 Å². The zero-order chi connectivity index (χ0) is 30.6. The summed E-state index contributed by atoms with van der Waals surface area (Å²) >= 11 is 0. The first-order valence-electron chi connectivity index (χ1n) is 13.7. The Morgan fingerprint density at radius 2 is 1.51 bits per heavy atom. The van der Waals surface area contributed by atoms with Crippen molar-refractivity contribution < 1.29 is 32.7 Å². The average molecular weight is 595 g/mol. The number of carboxylic acids is 1. The molecule has 0 aliphatic carbocycles. The molecule has 0 radical (unpaired) electrons. The predicted octanol–water partition coefficient (Wildman–Crippen LogP) is 4.30. The van der Waals surface area contributed by atoms with Gasteiger partial charge in [-0.25, -0.2) is 14.8 Å². The molecule has 3 aromatic heterocycles. The molecule has 1 unspecified atom stereocenters. The Balaban J connectivity index is 0.000000472. The number of carboxylic acid groups (broad SMARTS) is 1. The van der Waals surface area contributed by atoms with Gasteiger partial charge in [-0.15, -0.1) is 0 Å². The lowest BCUT2D eigenvalue weighted by atomic mass is 10.1. The van der Waals surface area contributed by atoms with Gasteiger partial charge >= 0.3 is 12.1 Å². The first-order valence-corrected chi connectivity index (χ1v) is 13.7. The topological polar surface area (TPSA) is 111 Å². The van der Waals surface area contributed by atoms with Crippen LogP contribution in [0.15, 0.2) is 79.1 Å². The van der Waals surface area contributed by atoms with Gasteiger partial charge in [-0.2, -0.15) is 13.2 Å². The summed E-state index contributed by atoms with van der Waals surface area (Å²) in [5.41, 5.74) is 1.91. The summed E-state index contributed by atoms with van der Waals surface area (Å²) < 4.78 is 33.7. The van der Waals surface area contributed by atoms with Gasteiger partial charge in [0.1, 0.15) is 11.6 Å². The SMILES string of the molecule is O=C(O)C(F)(F)F.O=C(c1nc(C2CCCN2C(=O)c2ccccc2)n2ccccc12)N1CCN(c2ccccn2)CC1. The number of aliphatic carboxylic acids is 1. The number of pyridine rings is 2. The molecule has 2 amide bonds. The van der Waals surface area contributed by atoms with Gasteiger partial charge in [-0.3, -0.25) is 9.59 Å². The van der Waals surface area contributed by atoms with Crippen LogP contribution in [0.1, 0.15) is 45.6 Å². The highest BCUT2D eigenvalue weighted by Gasteiger charge is 2.38. The van der Waals surface area contributed by atoms with Gasteiger partial charge in [-0.1, -0.05) is 30.3 Å². The first-order chi connectivity index (χ1) is 20.6. The second-order valence-electron chi connectivity index (χ2n) is 10.1. The van der Waals surface area contributed by atoms with E-state index in [-0.39, 0.29) is 17.9 Å². The highest BCUT2D eigenvalue weighted by Crippen LogP contribution is 2.34. The molecule has 5 heterocycles. The first kappa shape index (κ1) is 29.5. The van der Waals surface area contributed by atoms with E-state index < -0.39 is 12.1 Å². The summed E-state index contributed by atoms with van der Waals surface area (Å²) in [6.07, 6.45) is 0.379. The third-order valence-corrected chi connectivity index (χ3v) is 7.39. The number of halogens is 3. The monoisotopic (exact) mass is 594 g/mol. The molecule has 1 N–H and O–H groups in total. The van der Waals surface area contributed by atoms with Crippen LogP contribution in [0.25, 0.3) is 5.52 Å². The Labute approximate surface area is 245 Å². The van der Waals surface area contributed by atoms with E-state index in [2.05, 4.69) is 9.88 Å². The maximum absolute atomic E-state index is 13.7. The molecule has 4 aromatic rings. The lowest BCUT2D eigenvalue weighted by Gasteiger charge is -2.35. The molecule has 1 atom stereocenters. The van der Waals surface area contributed by atoms with Crippen molar-refractivity contribution in [1.82, 2.24) is 24.2 Å². The predicted molar refractivity (Wildman–Crippen MR) is 151 cm³/mol. The van der Waals surface area contributed by atoms with Crippen molar-refractivity contribution >= 4 is 29.1 Å². The van der Waals surface area contributed by atoms with Crippen molar-refractivity contribution in [2.24, 2.45) is 0 Å². The van der Waals surface area contributed by atoms with Crippen molar-refractivity contribution in [3.05, 3.63) is 96.2 Å². The number of benzene rings is 1. The standard InChI is InChI=1S/C28H28N6O2.C2HF3O2/c35-27(21-9-2-1-3-10-21)34-16-8-12-23(34)26-30-25(22-11-5-7-15-33(22)26)28(36)32-19-17-31(18-20-32)24-13-4-6-14-29-24;3-2(4,5)1(6)7/h1-7,9-11,13-15,23H,8,12,16-20H2;(H,6,7). The number of carbonyl (C=O) groups is 3. The van der Waals surface area contributed by atoms with E-state index in [0.717, 1.165) is 43.1 Å². The van der Waals surface area contributed by atoms with Crippen LogP contribution in [-0.2, 0) is 4.79 Å². The molecule has 2 aliphatic heterocycles. The summed E-state index contributed by atoms with van der Waals surface area (Å²) in [5, 5.41) is 7.12. The Hall–Kier alpha value is -4.94. The smallest absolute Gasteiger partial charge is 0.475 e. The van der Waals surface area contributed by atoms with Crippen LogP contribution in [0.3, 0.4) is 0 Å². The number of aromatic nitrogens is 3. The van der Waals surface area contributed by atoms with Crippen LogP contribution in [0.2, 0.25) is 0 Å². The summed E-state index contributed by atoms with van der Waals surface area (Å²) in [6.45, 7) is 3.35. The minimum absolute atomic E-state index is 0.00398. The van der Waals surface area contributed by atoms with E-state index in [1.54, 1.807) is 6.20 Å². The fraction of sp³-hybridized carbons (Fsp3) is 0.300. The minimum Gasteiger partial charge on any atom is -0.475 e. The molecular formula is C30H29F3N6O4. The van der Waals surface area contributed by atoms with Gasteiger partial charge in [0.25, 0.3) is 11.8 Å². The number of piperazine rings is 1. The fourth-order valence-electron chi connectivity index (χ4n) is 5.31. The number of nitrogens with zero attached hydrogens (tertiary/aromatic N) is 6. The highest BCUT2D eigenvalue weighted by molar-refractivity contribution is 5.99. The van der Waals surface area contributed by atoms with Gasteiger partial charge < -0.3 is 24.2 Å². The number of carbonyl (C=O) groups excluding carboxylic acids is 2. The van der Waals surface area contributed by atoms with Crippen LogP contribution in [0, 0.1) is 0 Å². The summed E-state index contributed by atoms with van der Waals surface area (Å²) in [4.78, 5) is 51.2. The molecule has 0 saturated carbocycles. The molecular weight excluding hydrogens is 565 g/mol. The Morgan fingerprint density at radius 1 is 0.837 bits per heavy atom. The Bertz CT molecular complexity index is 1590. The molecule has 1 aromatic carbocycles. The highest BCUT2D eigenvalue weighted by atomic mass is 19.4. The normalized spacial score (nSPS) is 17.0. The lowest BCUT2D eigenvalue weighted by Crippen LogP contribution is -2.49. The fourth-order valence-corrected chi connectivity index (χ4v) is 5.31. The molecule has 2 saturated heterocycles. The number of amides is 2. The van der Waals surface area contributed by atoms with Gasteiger partial charge in [0.05, 0.1) is 11.6 Å². The molecule has 2 fully saturated rings. The molecule has 43 heavy (non-hydrogen) atoms. The third-order valence-electron chi connectivity index (χ3n) is 7.39. The van der Waals surface area contributed by atoms with Gasteiger partial charge in [0, 0.05) is 50.7 Å². The van der Waals surface area contributed by atoms with Crippen molar-refractivity contribution in [2.75, 3.05) is 37.6 Å². The Morgan fingerprint density at radius 3 is 2.16 bits per heavy atom. The third kappa shape index (κ3) is 6.45. The van der Waals surface area contributed by atoms with Crippen LogP contribution in [0.5, 0.6) is 0 Å². The van der Waals surface area contributed by atoms with E-state index in [9.17, 15) is 22.8 Å². The number of hydrogen-bond donors (Lipinski definition) is 1.